The fourth-order valence-corrected chi connectivity index (χ4v) is 3.72. The van der Waals surface area contributed by atoms with E-state index in [-0.39, 0.29) is 0 Å². The summed E-state index contributed by atoms with van der Waals surface area (Å²) < 4.78 is 0. The summed E-state index contributed by atoms with van der Waals surface area (Å²) in [6.45, 7) is 6.69. The van der Waals surface area contributed by atoms with Gasteiger partial charge >= 0.3 is 0 Å². The summed E-state index contributed by atoms with van der Waals surface area (Å²) >= 11 is 0. The Morgan fingerprint density at radius 1 is 0.654 bits per heavy atom. The Kier molecular flexibility index (Phi) is 5.41. The molecule has 2 heterocycles. The van der Waals surface area contributed by atoms with Crippen LogP contribution in [0.3, 0.4) is 0 Å². The lowest BCUT2D eigenvalue weighted by Crippen LogP contribution is -2.28. The van der Waals surface area contributed by atoms with Crippen LogP contribution in [0.5, 0.6) is 0 Å². The van der Waals surface area contributed by atoms with E-state index in [2.05, 4.69) is 92.7 Å². The van der Waals surface area contributed by atoms with Crippen LogP contribution in [0.15, 0.2) is 73.1 Å². The summed E-state index contributed by atoms with van der Waals surface area (Å²) in [4.78, 5) is 9.76. The van der Waals surface area contributed by atoms with Crippen LogP contribution in [0, 0.1) is 0 Å². The minimum atomic E-state index is 0.968. The summed E-state index contributed by atoms with van der Waals surface area (Å²) in [7, 11) is 0. The van der Waals surface area contributed by atoms with Crippen molar-refractivity contribution in [1.29, 1.82) is 0 Å². The lowest BCUT2D eigenvalue weighted by Gasteiger charge is -2.22. The molecule has 0 radical (unpaired) electrons. The maximum atomic E-state index is 2.57. The zero-order valence-electron chi connectivity index (χ0n) is 15.4. The topological polar surface area (TPSA) is 13.0 Å². The predicted octanol–water partition coefficient (Wildman–Crippen LogP) is 3.80. The molecule has 0 unspecified atom stereocenters. The number of anilines is 2. The number of hydrogen-bond acceptors (Lipinski definition) is 4. The van der Waals surface area contributed by atoms with Crippen molar-refractivity contribution in [3.63, 3.8) is 0 Å². The molecule has 0 aliphatic carbocycles. The molecule has 0 spiro atoms. The molecule has 2 aromatic rings. The molecule has 4 rings (SSSR count). The first kappa shape index (κ1) is 17.0. The van der Waals surface area contributed by atoms with Crippen LogP contribution in [0.2, 0.25) is 0 Å². The van der Waals surface area contributed by atoms with Crippen LogP contribution in [-0.2, 0) is 0 Å². The fraction of sp³-hybridized carbons (Fsp3) is 0.364. The highest BCUT2D eigenvalue weighted by atomic mass is 15.4. The molecule has 2 aliphatic rings. The van der Waals surface area contributed by atoms with Gasteiger partial charge in [-0.3, -0.25) is 4.90 Å². The quantitative estimate of drug-likeness (QED) is 0.706. The fourth-order valence-electron chi connectivity index (χ4n) is 3.72. The Balaban J connectivity index is 1.14. The van der Waals surface area contributed by atoms with Crippen LogP contribution in [-0.4, -0.2) is 49.3 Å². The number of unbranched alkanes of at least 4 members (excludes halogenated alkanes) is 1. The van der Waals surface area contributed by atoms with Gasteiger partial charge in [0.25, 0.3) is 0 Å². The third kappa shape index (κ3) is 4.20. The van der Waals surface area contributed by atoms with E-state index in [9.17, 15) is 0 Å². The second-order valence-electron chi connectivity index (χ2n) is 7.12. The molecule has 26 heavy (non-hydrogen) atoms. The average Bonchev–Trinajstić information content (AvgIpc) is 3.37. The van der Waals surface area contributed by atoms with Gasteiger partial charge in [-0.05, 0) is 43.7 Å². The standard InChI is InChI=1S/C22H28N4/c1-3-9-21(10-4-1)25-17-15-23(19-25)13-7-8-14-24-16-18-26(20-24)22-11-5-2-6-12-22/h1-6,9-12,15,17H,7-8,13-14,16,18-20H2. The van der Waals surface area contributed by atoms with Crippen molar-refractivity contribution in [2.24, 2.45) is 0 Å². The lowest BCUT2D eigenvalue weighted by molar-refractivity contribution is 0.316. The Bertz CT molecular complexity index is 701. The van der Waals surface area contributed by atoms with Crippen LogP contribution < -0.4 is 9.80 Å². The number of rotatable bonds is 7. The second kappa shape index (κ2) is 8.28. The number of para-hydroxylation sites is 2. The molecule has 1 fully saturated rings. The highest BCUT2D eigenvalue weighted by molar-refractivity contribution is 5.49. The monoisotopic (exact) mass is 348 g/mol. The van der Waals surface area contributed by atoms with Gasteiger partial charge in [-0.25, -0.2) is 0 Å². The van der Waals surface area contributed by atoms with Gasteiger partial charge in [0.15, 0.2) is 0 Å². The lowest BCUT2D eigenvalue weighted by atomic mass is 10.3. The van der Waals surface area contributed by atoms with Crippen molar-refractivity contribution >= 4 is 11.4 Å². The maximum absolute atomic E-state index is 2.57. The Labute approximate surface area is 156 Å². The van der Waals surface area contributed by atoms with Gasteiger partial charge in [-0.2, -0.15) is 0 Å². The van der Waals surface area contributed by atoms with E-state index >= 15 is 0 Å². The SMILES string of the molecule is C1=CN(c2ccccc2)CN1CCCCN1CCN(c2ccccc2)C1. The van der Waals surface area contributed by atoms with Crippen molar-refractivity contribution in [2.45, 2.75) is 12.8 Å². The van der Waals surface area contributed by atoms with E-state index in [4.69, 9.17) is 0 Å². The van der Waals surface area contributed by atoms with Crippen LogP contribution in [0.1, 0.15) is 12.8 Å². The van der Waals surface area contributed by atoms with Crippen molar-refractivity contribution in [2.75, 3.05) is 49.3 Å². The van der Waals surface area contributed by atoms with Crippen molar-refractivity contribution in [3.8, 4) is 0 Å². The molecule has 4 nitrogen and oxygen atoms in total. The molecule has 2 aromatic carbocycles. The van der Waals surface area contributed by atoms with E-state index in [1.807, 2.05) is 0 Å². The molecule has 0 amide bonds. The minimum Gasteiger partial charge on any atom is -0.358 e. The molecule has 2 aliphatic heterocycles. The van der Waals surface area contributed by atoms with E-state index in [0.29, 0.717) is 0 Å². The summed E-state index contributed by atoms with van der Waals surface area (Å²) in [5.74, 6) is 0. The van der Waals surface area contributed by atoms with Gasteiger partial charge in [-0.15, -0.1) is 0 Å². The van der Waals surface area contributed by atoms with Crippen molar-refractivity contribution in [3.05, 3.63) is 73.1 Å². The number of hydrogen-bond donors (Lipinski definition) is 0. The Morgan fingerprint density at radius 3 is 2.12 bits per heavy atom. The average molecular weight is 348 g/mol. The normalized spacial score (nSPS) is 17.5. The first-order valence-corrected chi connectivity index (χ1v) is 9.65. The first-order valence-electron chi connectivity index (χ1n) is 9.65. The third-order valence-corrected chi connectivity index (χ3v) is 5.23. The Hall–Kier alpha value is -2.46. The van der Waals surface area contributed by atoms with Crippen LogP contribution in [0.25, 0.3) is 0 Å². The van der Waals surface area contributed by atoms with Gasteiger partial charge in [0.05, 0.1) is 13.3 Å². The maximum Gasteiger partial charge on any atom is 0.0941 e. The number of nitrogens with zero attached hydrogens (tertiary/aromatic N) is 4. The summed E-state index contributed by atoms with van der Waals surface area (Å²) in [5, 5.41) is 0. The van der Waals surface area contributed by atoms with Gasteiger partial charge in [-0.1, -0.05) is 36.4 Å². The summed E-state index contributed by atoms with van der Waals surface area (Å²) in [5.41, 5.74) is 2.61. The zero-order chi connectivity index (χ0) is 17.6. The molecular formula is C22H28N4. The van der Waals surface area contributed by atoms with Gasteiger partial charge in [0, 0.05) is 43.4 Å². The second-order valence-corrected chi connectivity index (χ2v) is 7.12. The Morgan fingerprint density at radius 2 is 1.35 bits per heavy atom. The molecule has 136 valence electrons. The molecule has 0 N–H and O–H groups in total. The molecule has 0 saturated carbocycles. The molecule has 4 heteroatoms. The zero-order valence-corrected chi connectivity index (χ0v) is 15.4. The van der Waals surface area contributed by atoms with Gasteiger partial charge < -0.3 is 14.7 Å². The highest BCUT2D eigenvalue weighted by Gasteiger charge is 2.19. The van der Waals surface area contributed by atoms with E-state index in [1.165, 1.54) is 37.3 Å². The molecular weight excluding hydrogens is 320 g/mol. The molecule has 0 bridgehead atoms. The van der Waals surface area contributed by atoms with E-state index < -0.39 is 0 Å². The third-order valence-electron chi connectivity index (χ3n) is 5.23. The van der Waals surface area contributed by atoms with Crippen molar-refractivity contribution in [1.82, 2.24) is 9.80 Å². The predicted molar refractivity (Wildman–Crippen MR) is 109 cm³/mol. The highest BCUT2D eigenvalue weighted by Crippen LogP contribution is 2.20. The van der Waals surface area contributed by atoms with Gasteiger partial charge in [0.2, 0.25) is 0 Å². The largest absolute Gasteiger partial charge is 0.358 e. The van der Waals surface area contributed by atoms with E-state index in [0.717, 1.165) is 26.4 Å². The molecule has 1 saturated heterocycles. The first-order chi connectivity index (χ1) is 12.9. The van der Waals surface area contributed by atoms with E-state index in [1.54, 1.807) is 0 Å². The van der Waals surface area contributed by atoms with Crippen molar-refractivity contribution < 1.29 is 0 Å². The smallest absolute Gasteiger partial charge is 0.0941 e. The van der Waals surface area contributed by atoms with Crippen LogP contribution >= 0.6 is 0 Å². The molecule has 0 aromatic heterocycles. The summed E-state index contributed by atoms with van der Waals surface area (Å²) in [6.07, 6.45) is 6.92. The molecule has 0 atom stereocenters. The van der Waals surface area contributed by atoms with Crippen LogP contribution in [0.4, 0.5) is 11.4 Å². The van der Waals surface area contributed by atoms with Gasteiger partial charge in [0.1, 0.15) is 0 Å². The number of benzene rings is 2. The minimum absolute atomic E-state index is 0.968. The summed E-state index contributed by atoms with van der Waals surface area (Å²) in [6, 6.07) is 21.4.